The lowest BCUT2D eigenvalue weighted by Crippen LogP contribution is -2.55. The third-order valence-corrected chi connectivity index (χ3v) is 3.62. The predicted octanol–water partition coefficient (Wildman–Crippen LogP) is 1.60. The molecule has 2 rings (SSSR count). The number of nitrogens with one attached hydrogen (secondary N) is 1. The molecule has 4 nitrogen and oxygen atoms in total. The number of benzene rings is 1. The summed E-state index contributed by atoms with van der Waals surface area (Å²) in [5.74, 6) is 0.0549. The van der Waals surface area contributed by atoms with Crippen LogP contribution in [0.2, 0.25) is 0 Å². The minimum absolute atomic E-state index is 0.0488. The van der Waals surface area contributed by atoms with E-state index in [1.54, 1.807) is 0 Å². The third-order valence-electron chi connectivity index (χ3n) is 3.62. The summed E-state index contributed by atoms with van der Waals surface area (Å²) in [6, 6.07) is 9.17. The van der Waals surface area contributed by atoms with Gasteiger partial charge < -0.3 is 10.2 Å². The van der Waals surface area contributed by atoms with Crippen LogP contribution in [0, 0.1) is 5.92 Å². The van der Waals surface area contributed by atoms with E-state index in [1.165, 1.54) is 0 Å². The number of likely N-dealkylation sites (tertiary alicyclic amines) is 1. The van der Waals surface area contributed by atoms with Crippen LogP contribution in [0.4, 0.5) is 0 Å². The van der Waals surface area contributed by atoms with Crippen LogP contribution in [0.3, 0.4) is 0 Å². The van der Waals surface area contributed by atoms with Gasteiger partial charge in [0.15, 0.2) is 0 Å². The molecule has 1 aromatic carbocycles. The number of hydrogen-bond acceptors (Lipinski definition) is 2. The molecule has 2 amide bonds. The first-order valence-electron chi connectivity index (χ1n) is 7.20. The Bertz CT molecular complexity index is 467. The molecule has 1 atom stereocenters. The van der Waals surface area contributed by atoms with E-state index in [0.29, 0.717) is 6.42 Å². The molecule has 1 fully saturated rings. The molecule has 1 heterocycles. The summed E-state index contributed by atoms with van der Waals surface area (Å²) in [5, 5.41) is 2.88. The molecule has 0 aromatic heterocycles. The summed E-state index contributed by atoms with van der Waals surface area (Å²) in [7, 11) is 0. The molecular weight excluding hydrogens is 252 g/mol. The van der Waals surface area contributed by atoms with Crippen LogP contribution in [0.5, 0.6) is 0 Å². The van der Waals surface area contributed by atoms with Gasteiger partial charge in [-0.05, 0) is 17.9 Å². The number of nitrogens with zero attached hydrogens (tertiary/aromatic N) is 1. The Morgan fingerprint density at radius 2 is 1.85 bits per heavy atom. The molecule has 1 unspecified atom stereocenters. The maximum Gasteiger partial charge on any atom is 0.245 e. The van der Waals surface area contributed by atoms with Gasteiger partial charge in [-0.1, -0.05) is 44.2 Å². The van der Waals surface area contributed by atoms with Gasteiger partial charge >= 0.3 is 0 Å². The van der Waals surface area contributed by atoms with E-state index in [0.717, 1.165) is 25.1 Å². The number of carbonyl (C=O) groups excluding carboxylic acids is 2. The Labute approximate surface area is 120 Å². The Morgan fingerprint density at radius 1 is 1.20 bits per heavy atom. The second-order valence-corrected chi connectivity index (χ2v) is 5.63. The zero-order chi connectivity index (χ0) is 14.5. The molecule has 1 N–H and O–H groups in total. The van der Waals surface area contributed by atoms with Crippen molar-refractivity contribution < 1.29 is 9.59 Å². The maximum absolute atomic E-state index is 12.3. The van der Waals surface area contributed by atoms with E-state index >= 15 is 0 Å². The molecule has 20 heavy (non-hydrogen) atoms. The van der Waals surface area contributed by atoms with Gasteiger partial charge in [0, 0.05) is 13.1 Å². The normalized spacial score (nSPS) is 15.7. The first-order valence-corrected chi connectivity index (χ1v) is 7.20. The van der Waals surface area contributed by atoms with Gasteiger partial charge in [-0.15, -0.1) is 0 Å². The topological polar surface area (TPSA) is 49.4 Å². The number of amides is 2. The standard InChI is InChI=1S/C16H22N2O2/c1-12(2)15(16(20)18-9-6-10-18)17-14(19)11-13-7-4-3-5-8-13/h3-5,7-8,12,15H,6,9-11H2,1-2H3,(H,17,19). The summed E-state index contributed by atoms with van der Waals surface area (Å²) < 4.78 is 0. The highest BCUT2D eigenvalue weighted by Gasteiger charge is 2.31. The maximum atomic E-state index is 12.3. The first-order chi connectivity index (χ1) is 9.58. The number of rotatable bonds is 5. The summed E-state index contributed by atoms with van der Waals surface area (Å²) in [6.07, 6.45) is 1.38. The Hall–Kier alpha value is -1.84. The highest BCUT2D eigenvalue weighted by atomic mass is 16.2. The Kier molecular flexibility index (Phi) is 4.77. The van der Waals surface area contributed by atoms with Crippen molar-refractivity contribution in [3.05, 3.63) is 35.9 Å². The largest absolute Gasteiger partial charge is 0.344 e. The van der Waals surface area contributed by atoms with Crippen LogP contribution in [-0.2, 0) is 16.0 Å². The summed E-state index contributed by atoms with van der Waals surface area (Å²) >= 11 is 0. The fourth-order valence-corrected chi connectivity index (χ4v) is 2.25. The molecule has 1 aliphatic rings. The lowest BCUT2D eigenvalue weighted by molar-refractivity contribution is -0.140. The number of carbonyl (C=O) groups is 2. The van der Waals surface area contributed by atoms with Crippen molar-refractivity contribution in [1.29, 1.82) is 0 Å². The van der Waals surface area contributed by atoms with E-state index in [9.17, 15) is 9.59 Å². The highest BCUT2D eigenvalue weighted by Crippen LogP contribution is 2.13. The first kappa shape index (κ1) is 14.6. The van der Waals surface area contributed by atoms with E-state index < -0.39 is 6.04 Å². The highest BCUT2D eigenvalue weighted by molar-refractivity contribution is 5.89. The average Bonchev–Trinajstić information content (AvgIpc) is 2.34. The monoisotopic (exact) mass is 274 g/mol. The van der Waals surface area contributed by atoms with Gasteiger partial charge in [-0.25, -0.2) is 0 Å². The van der Waals surface area contributed by atoms with E-state index in [2.05, 4.69) is 5.32 Å². The lowest BCUT2D eigenvalue weighted by Gasteiger charge is -2.35. The zero-order valence-electron chi connectivity index (χ0n) is 12.1. The molecule has 1 saturated heterocycles. The van der Waals surface area contributed by atoms with Crippen LogP contribution in [0.25, 0.3) is 0 Å². The van der Waals surface area contributed by atoms with Crippen molar-refractivity contribution in [3.8, 4) is 0 Å². The van der Waals surface area contributed by atoms with Crippen molar-refractivity contribution >= 4 is 11.8 Å². The third kappa shape index (κ3) is 3.59. The van der Waals surface area contributed by atoms with Crippen molar-refractivity contribution in [3.63, 3.8) is 0 Å². The molecule has 0 aliphatic carbocycles. The average molecular weight is 274 g/mol. The van der Waals surface area contributed by atoms with Crippen LogP contribution in [0.1, 0.15) is 25.8 Å². The molecule has 4 heteroatoms. The van der Waals surface area contributed by atoms with Crippen molar-refractivity contribution in [2.24, 2.45) is 5.92 Å². The lowest BCUT2D eigenvalue weighted by atomic mass is 10.0. The smallest absolute Gasteiger partial charge is 0.245 e. The fourth-order valence-electron chi connectivity index (χ4n) is 2.25. The van der Waals surface area contributed by atoms with Gasteiger partial charge in [0.1, 0.15) is 6.04 Å². The van der Waals surface area contributed by atoms with Gasteiger partial charge in [-0.2, -0.15) is 0 Å². The van der Waals surface area contributed by atoms with Crippen molar-refractivity contribution in [2.45, 2.75) is 32.7 Å². The fraction of sp³-hybridized carbons (Fsp3) is 0.500. The van der Waals surface area contributed by atoms with Crippen molar-refractivity contribution in [2.75, 3.05) is 13.1 Å². The minimum Gasteiger partial charge on any atom is -0.344 e. The SMILES string of the molecule is CC(C)C(NC(=O)Cc1ccccc1)C(=O)N1CCC1. The Morgan fingerprint density at radius 3 is 2.35 bits per heavy atom. The molecule has 0 saturated carbocycles. The molecule has 1 aromatic rings. The number of hydrogen-bond donors (Lipinski definition) is 1. The second-order valence-electron chi connectivity index (χ2n) is 5.63. The minimum atomic E-state index is -0.411. The van der Waals surface area contributed by atoms with Crippen LogP contribution in [-0.4, -0.2) is 35.8 Å². The summed E-state index contributed by atoms with van der Waals surface area (Å²) in [6.45, 7) is 5.56. The molecule has 108 valence electrons. The van der Waals surface area contributed by atoms with E-state index in [4.69, 9.17) is 0 Å². The Balaban J connectivity index is 1.93. The van der Waals surface area contributed by atoms with Crippen LogP contribution >= 0.6 is 0 Å². The predicted molar refractivity (Wildman–Crippen MR) is 78.1 cm³/mol. The van der Waals surface area contributed by atoms with Gasteiger partial charge in [0.2, 0.25) is 11.8 Å². The molecule has 0 radical (unpaired) electrons. The van der Waals surface area contributed by atoms with Crippen molar-refractivity contribution in [1.82, 2.24) is 10.2 Å². The van der Waals surface area contributed by atoms with E-state index in [1.807, 2.05) is 49.1 Å². The summed E-state index contributed by atoms with van der Waals surface area (Å²) in [5.41, 5.74) is 0.962. The van der Waals surface area contributed by atoms with Gasteiger partial charge in [-0.3, -0.25) is 9.59 Å². The quantitative estimate of drug-likeness (QED) is 0.886. The van der Waals surface area contributed by atoms with E-state index in [-0.39, 0.29) is 17.7 Å². The molecular formula is C16H22N2O2. The molecule has 0 bridgehead atoms. The summed E-state index contributed by atoms with van der Waals surface area (Å²) in [4.78, 5) is 26.2. The van der Waals surface area contributed by atoms with Crippen LogP contribution in [0.15, 0.2) is 30.3 Å². The zero-order valence-corrected chi connectivity index (χ0v) is 12.1. The van der Waals surface area contributed by atoms with Crippen LogP contribution < -0.4 is 5.32 Å². The second kappa shape index (κ2) is 6.55. The van der Waals surface area contributed by atoms with Gasteiger partial charge in [0.25, 0.3) is 0 Å². The molecule has 0 spiro atoms. The van der Waals surface area contributed by atoms with Gasteiger partial charge in [0.05, 0.1) is 6.42 Å². The molecule has 1 aliphatic heterocycles.